The Morgan fingerprint density at radius 3 is 2.68 bits per heavy atom. The molecule has 2 heterocycles. The van der Waals surface area contributed by atoms with Crippen molar-refractivity contribution >= 4 is 17.8 Å². The van der Waals surface area contributed by atoms with Crippen LogP contribution in [0.1, 0.15) is 35.6 Å². The lowest BCUT2D eigenvalue weighted by molar-refractivity contribution is 0.113. The van der Waals surface area contributed by atoms with Crippen molar-refractivity contribution in [2.45, 2.75) is 44.4 Å². The Bertz CT molecular complexity index is 1020. The summed E-state index contributed by atoms with van der Waals surface area (Å²) in [4.78, 5) is 29.2. The minimum atomic E-state index is -0.221. The Balaban J connectivity index is 1.23. The number of aryl methyl sites for hydroxylation is 1. The van der Waals surface area contributed by atoms with E-state index < -0.39 is 0 Å². The molecule has 1 aliphatic carbocycles. The van der Waals surface area contributed by atoms with Crippen LogP contribution in [0.25, 0.3) is 0 Å². The molecule has 7 nitrogen and oxygen atoms in total. The number of nitrogens with zero attached hydrogens (tertiary/aromatic N) is 2. The van der Waals surface area contributed by atoms with Crippen LogP contribution in [0.2, 0.25) is 0 Å². The van der Waals surface area contributed by atoms with Crippen LogP contribution in [0.4, 0.5) is 15.3 Å². The number of rotatable bonds is 3. The third-order valence-corrected chi connectivity index (χ3v) is 6.73. The van der Waals surface area contributed by atoms with E-state index in [1.165, 1.54) is 11.1 Å². The number of methoxy groups -OCH3 is 1. The summed E-state index contributed by atoms with van der Waals surface area (Å²) in [5, 5.41) is 3.00. The normalized spacial score (nSPS) is 22.7. The summed E-state index contributed by atoms with van der Waals surface area (Å²) in [5.74, 6) is 0.764. The van der Waals surface area contributed by atoms with Crippen molar-refractivity contribution in [3.8, 4) is 5.75 Å². The SMILES string of the molecule is COc1ccc(NC(=O)N2CCC(N3C(=O)OC4Cc5ccccc5C43)CC2)c(C)c1. The Morgan fingerprint density at radius 1 is 1.16 bits per heavy atom. The number of ether oxygens (including phenoxy) is 2. The monoisotopic (exact) mass is 421 g/mol. The van der Waals surface area contributed by atoms with E-state index in [1.807, 2.05) is 47.1 Å². The van der Waals surface area contributed by atoms with Gasteiger partial charge in [0.1, 0.15) is 11.9 Å². The first-order chi connectivity index (χ1) is 15.0. The molecule has 2 unspecified atom stereocenters. The fourth-order valence-corrected chi connectivity index (χ4v) is 5.10. The summed E-state index contributed by atoms with van der Waals surface area (Å²) in [6, 6.07) is 13.8. The predicted molar refractivity (Wildman–Crippen MR) is 116 cm³/mol. The molecule has 0 radical (unpaired) electrons. The number of carbonyl (C=O) groups excluding carboxylic acids is 2. The molecule has 3 amide bonds. The second-order valence-corrected chi connectivity index (χ2v) is 8.51. The van der Waals surface area contributed by atoms with Crippen LogP contribution in [0, 0.1) is 6.92 Å². The van der Waals surface area contributed by atoms with Gasteiger partial charge in [-0.05, 0) is 54.7 Å². The minimum Gasteiger partial charge on any atom is -0.497 e. The van der Waals surface area contributed by atoms with E-state index in [9.17, 15) is 9.59 Å². The third-order valence-electron chi connectivity index (χ3n) is 6.73. The Kier molecular flexibility index (Phi) is 4.96. The molecule has 5 rings (SSSR count). The second-order valence-electron chi connectivity index (χ2n) is 8.51. The van der Waals surface area contributed by atoms with Crippen LogP contribution in [-0.4, -0.2) is 54.3 Å². The summed E-state index contributed by atoms with van der Waals surface area (Å²) in [6.07, 6.45) is 1.96. The highest BCUT2D eigenvalue weighted by Gasteiger charge is 2.50. The van der Waals surface area contributed by atoms with Crippen LogP contribution in [-0.2, 0) is 11.2 Å². The third kappa shape index (κ3) is 3.48. The molecule has 2 aromatic carbocycles. The highest BCUT2D eigenvalue weighted by molar-refractivity contribution is 5.90. The molecular weight excluding hydrogens is 394 g/mol. The molecule has 3 aliphatic rings. The average Bonchev–Trinajstić information content (AvgIpc) is 3.29. The summed E-state index contributed by atoms with van der Waals surface area (Å²) < 4.78 is 10.9. The molecule has 2 atom stereocenters. The number of benzene rings is 2. The molecule has 2 fully saturated rings. The van der Waals surface area contributed by atoms with E-state index in [4.69, 9.17) is 9.47 Å². The quantitative estimate of drug-likeness (QED) is 0.809. The summed E-state index contributed by atoms with van der Waals surface area (Å²) >= 11 is 0. The van der Waals surface area contributed by atoms with E-state index in [-0.39, 0.29) is 30.3 Å². The molecule has 162 valence electrons. The largest absolute Gasteiger partial charge is 0.497 e. The maximum Gasteiger partial charge on any atom is 0.411 e. The number of likely N-dealkylation sites (tertiary alicyclic amines) is 1. The zero-order chi connectivity index (χ0) is 21.5. The number of piperidine rings is 1. The number of hydrogen-bond acceptors (Lipinski definition) is 4. The summed E-state index contributed by atoms with van der Waals surface area (Å²) in [6.45, 7) is 3.16. The van der Waals surface area contributed by atoms with E-state index in [0.717, 1.165) is 36.3 Å². The van der Waals surface area contributed by atoms with Crippen molar-refractivity contribution in [1.82, 2.24) is 9.80 Å². The molecule has 2 aliphatic heterocycles. The maximum atomic E-state index is 12.8. The van der Waals surface area contributed by atoms with Crippen molar-refractivity contribution in [3.05, 3.63) is 59.2 Å². The first-order valence-electron chi connectivity index (χ1n) is 10.8. The van der Waals surface area contributed by atoms with E-state index in [0.29, 0.717) is 13.1 Å². The van der Waals surface area contributed by atoms with Crippen molar-refractivity contribution in [2.75, 3.05) is 25.5 Å². The number of anilines is 1. The van der Waals surface area contributed by atoms with Gasteiger partial charge >= 0.3 is 12.1 Å². The maximum absolute atomic E-state index is 12.8. The molecule has 2 saturated heterocycles. The lowest BCUT2D eigenvalue weighted by Crippen LogP contribution is -2.48. The first kappa shape index (κ1) is 19.7. The topological polar surface area (TPSA) is 71.1 Å². The number of fused-ring (bicyclic) bond motifs is 3. The van der Waals surface area contributed by atoms with Crippen LogP contribution in [0.15, 0.2) is 42.5 Å². The molecule has 0 saturated carbocycles. The Morgan fingerprint density at radius 2 is 1.94 bits per heavy atom. The van der Waals surface area contributed by atoms with Gasteiger partial charge in [0.25, 0.3) is 0 Å². The van der Waals surface area contributed by atoms with E-state index in [1.54, 1.807) is 7.11 Å². The first-order valence-corrected chi connectivity index (χ1v) is 10.8. The fraction of sp³-hybridized carbons (Fsp3) is 0.417. The van der Waals surface area contributed by atoms with Crippen molar-refractivity contribution in [1.29, 1.82) is 0 Å². The van der Waals surface area contributed by atoms with Gasteiger partial charge in [-0.25, -0.2) is 9.59 Å². The molecule has 0 spiro atoms. The van der Waals surface area contributed by atoms with Gasteiger partial charge in [0.2, 0.25) is 0 Å². The van der Waals surface area contributed by atoms with Gasteiger partial charge in [0.05, 0.1) is 13.2 Å². The number of hydrogen-bond donors (Lipinski definition) is 1. The van der Waals surface area contributed by atoms with Gasteiger partial charge in [0.15, 0.2) is 0 Å². The van der Waals surface area contributed by atoms with Crippen molar-refractivity contribution in [2.24, 2.45) is 0 Å². The van der Waals surface area contributed by atoms with Gasteiger partial charge < -0.3 is 19.7 Å². The molecule has 7 heteroatoms. The van der Waals surface area contributed by atoms with Gasteiger partial charge in [-0.1, -0.05) is 24.3 Å². The number of nitrogens with one attached hydrogen (secondary N) is 1. The van der Waals surface area contributed by atoms with E-state index in [2.05, 4.69) is 17.4 Å². The lowest BCUT2D eigenvalue weighted by Gasteiger charge is -2.37. The van der Waals surface area contributed by atoms with Crippen LogP contribution < -0.4 is 10.1 Å². The fourth-order valence-electron chi connectivity index (χ4n) is 5.10. The molecular formula is C24H27N3O4. The Hall–Kier alpha value is -3.22. The lowest BCUT2D eigenvalue weighted by atomic mass is 9.99. The predicted octanol–water partition coefficient (Wildman–Crippen LogP) is 4.12. The zero-order valence-corrected chi connectivity index (χ0v) is 17.8. The zero-order valence-electron chi connectivity index (χ0n) is 17.8. The summed E-state index contributed by atoms with van der Waals surface area (Å²) in [7, 11) is 1.62. The Labute approximate surface area is 181 Å². The number of carbonyl (C=O) groups is 2. The molecule has 1 N–H and O–H groups in total. The highest BCUT2D eigenvalue weighted by atomic mass is 16.6. The van der Waals surface area contributed by atoms with Crippen LogP contribution in [0.3, 0.4) is 0 Å². The standard InChI is InChI=1S/C24H27N3O4/c1-15-13-18(30-2)7-8-20(15)25-23(28)26-11-9-17(10-12-26)27-22-19-6-4-3-5-16(19)14-21(22)31-24(27)29/h3-8,13,17,21-22H,9-12,14H2,1-2H3,(H,25,28). The summed E-state index contributed by atoms with van der Waals surface area (Å²) in [5.41, 5.74) is 4.20. The molecule has 31 heavy (non-hydrogen) atoms. The second kappa shape index (κ2) is 7.80. The van der Waals surface area contributed by atoms with E-state index >= 15 is 0 Å². The van der Waals surface area contributed by atoms with Gasteiger partial charge in [0, 0.05) is 31.2 Å². The molecule has 2 aromatic rings. The van der Waals surface area contributed by atoms with Crippen molar-refractivity contribution in [3.63, 3.8) is 0 Å². The van der Waals surface area contributed by atoms with Crippen molar-refractivity contribution < 1.29 is 19.1 Å². The van der Waals surface area contributed by atoms with Gasteiger partial charge in [-0.15, -0.1) is 0 Å². The highest BCUT2D eigenvalue weighted by Crippen LogP contribution is 2.44. The molecule has 0 bridgehead atoms. The number of urea groups is 1. The van der Waals surface area contributed by atoms with Gasteiger partial charge in [-0.2, -0.15) is 0 Å². The van der Waals surface area contributed by atoms with Crippen LogP contribution in [0.5, 0.6) is 5.75 Å². The van der Waals surface area contributed by atoms with Gasteiger partial charge in [-0.3, -0.25) is 4.90 Å². The molecule has 0 aromatic heterocycles. The average molecular weight is 421 g/mol. The van der Waals surface area contributed by atoms with Crippen LogP contribution >= 0.6 is 0 Å². The minimum absolute atomic E-state index is 0.00368. The smallest absolute Gasteiger partial charge is 0.411 e. The number of amides is 3.